The van der Waals surface area contributed by atoms with Crippen molar-refractivity contribution in [3.05, 3.63) is 34.8 Å². The summed E-state index contributed by atoms with van der Waals surface area (Å²) in [5, 5.41) is 5.99. The molecule has 2 saturated heterocycles. The van der Waals surface area contributed by atoms with E-state index in [0.717, 1.165) is 66.7 Å². The van der Waals surface area contributed by atoms with Gasteiger partial charge in [0.25, 0.3) is 0 Å². The maximum Gasteiger partial charge on any atom is 0.410 e. The third kappa shape index (κ3) is 8.10. The minimum atomic E-state index is -0.495. The van der Waals surface area contributed by atoms with Gasteiger partial charge in [0.05, 0.1) is 39.9 Å². The van der Waals surface area contributed by atoms with E-state index in [-0.39, 0.29) is 37.4 Å². The lowest BCUT2D eigenvalue weighted by Gasteiger charge is -2.36. The highest BCUT2D eigenvalue weighted by Gasteiger charge is 2.29. The second-order valence-electron chi connectivity index (χ2n) is 12.7. The fraction of sp³-hybridized carbons (Fsp3) is 0.559. The number of methoxy groups -OCH3 is 3. The van der Waals surface area contributed by atoms with Crippen molar-refractivity contribution >= 4 is 46.2 Å². The van der Waals surface area contributed by atoms with Gasteiger partial charge in [-0.3, -0.25) is 19.4 Å². The summed E-state index contributed by atoms with van der Waals surface area (Å²) in [5.74, 6) is 2.29. The molecule has 2 bridgehead atoms. The molecule has 3 aromatic rings. The highest BCUT2D eigenvalue weighted by Crippen LogP contribution is 2.44. The van der Waals surface area contributed by atoms with E-state index in [2.05, 4.69) is 30.9 Å². The van der Waals surface area contributed by atoms with E-state index in [1.165, 1.54) is 16.4 Å². The number of carbonyl (C=O) groups is 3. The fourth-order valence-corrected chi connectivity index (χ4v) is 7.43. The number of benzene rings is 1. The van der Waals surface area contributed by atoms with Crippen molar-refractivity contribution in [2.24, 2.45) is 5.92 Å². The number of hydrogen-bond acceptors (Lipinski definition) is 12. The summed E-state index contributed by atoms with van der Waals surface area (Å²) in [5.41, 5.74) is 2.94. The minimum absolute atomic E-state index is 0.0497. The van der Waals surface area contributed by atoms with Crippen molar-refractivity contribution < 1.29 is 33.3 Å². The van der Waals surface area contributed by atoms with Crippen LogP contribution in [0.4, 0.5) is 10.6 Å². The van der Waals surface area contributed by atoms with Crippen LogP contribution >= 0.6 is 11.5 Å². The Morgan fingerprint density at radius 2 is 1.86 bits per heavy atom. The van der Waals surface area contributed by atoms with E-state index in [0.29, 0.717) is 56.4 Å². The number of amides is 3. The lowest BCUT2D eigenvalue weighted by molar-refractivity contribution is -0.136. The lowest BCUT2D eigenvalue weighted by Crippen LogP contribution is -2.47. The van der Waals surface area contributed by atoms with E-state index in [9.17, 15) is 14.4 Å². The maximum absolute atomic E-state index is 13.4. The summed E-state index contributed by atoms with van der Waals surface area (Å²) in [4.78, 5) is 51.6. The summed E-state index contributed by atoms with van der Waals surface area (Å²) < 4.78 is 26.6. The SMILES string of the molecule is COc1cc2nc3c(cc2c(OC)c1OC)CN(Cc1cnsc1)CCCCN(C(=O)CN1CCOC1=O)CC(=O)NCC1CCCN3C1. The second-order valence-corrected chi connectivity index (χ2v) is 13.4. The zero-order valence-electron chi connectivity index (χ0n) is 28.4. The van der Waals surface area contributed by atoms with Crippen molar-refractivity contribution in [2.75, 3.05) is 85.2 Å². The number of rotatable bonds is 7. The fourth-order valence-electron chi connectivity index (χ4n) is 6.90. The number of cyclic esters (lactones) is 1. The average Bonchev–Trinajstić information content (AvgIpc) is 3.78. The number of hydrogen-bond donors (Lipinski definition) is 1. The number of piperidine rings is 1. The Morgan fingerprint density at radius 3 is 2.59 bits per heavy atom. The van der Waals surface area contributed by atoms with E-state index >= 15 is 0 Å². The summed E-state index contributed by atoms with van der Waals surface area (Å²) in [7, 11) is 4.83. The van der Waals surface area contributed by atoms with E-state index < -0.39 is 6.09 Å². The van der Waals surface area contributed by atoms with Gasteiger partial charge in [-0.2, -0.15) is 0 Å². The first kappa shape index (κ1) is 34.5. The summed E-state index contributed by atoms with van der Waals surface area (Å²) in [6, 6.07) is 4.06. The Hall–Kier alpha value is -4.37. The number of carbonyl (C=O) groups excluding carboxylic acids is 3. The van der Waals surface area contributed by atoms with E-state index in [1.54, 1.807) is 26.2 Å². The molecule has 5 heterocycles. The highest BCUT2D eigenvalue weighted by atomic mass is 32.1. The van der Waals surface area contributed by atoms with Gasteiger partial charge in [-0.05, 0) is 61.3 Å². The first-order valence-electron chi connectivity index (χ1n) is 16.8. The van der Waals surface area contributed by atoms with Gasteiger partial charge in [-0.25, -0.2) is 14.2 Å². The molecule has 0 radical (unpaired) electrons. The first-order chi connectivity index (χ1) is 23.9. The molecule has 49 heavy (non-hydrogen) atoms. The largest absolute Gasteiger partial charge is 0.493 e. The normalized spacial score (nSPS) is 19.7. The van der Waals surface area contributed by atoms with Crippen LogP contribution in [0.1, 0.15) is 36.8 Å². The molecule has 6 rings (SSSR count). The topological polar surface area (TPSA) is 139 Å². The molecule has 3 amide bonds. The van der Waals surface area contributed by atoms with Crippen LogP contribution in [0.5, 0.6) is 17.2 Å². The van der Waals surface area contributed by atoms with Crippen LogP contribution in [-0.4, -0.2) is 122 Å². The van der Waals surface area contributed by atoms with Crippen LogP contribution < -0.4 is 24.4 Å². The summed E-state index contributed by atoms with van der Waals surface area (Å²) in [6.45, 7) is 5.02. The first-order valence-corrected chi connectivity index (χ1v) is 17.6. The standard InChI is InChI=1S/C34H45N7O7S/c1-45-28-14-27-26(31(46-2)32(28)47-3)13-25-19-38(17-24-16-36-49-22-24)8-4-5-9-39(30(43)21-41-11-12-48-34(41)44)20-29(42)35-15-23-7-6-10-40(18-23)33(25)37-27/h13-14,16,22-23H,4-12,15,17-21H2,1-3H3,(H,35,42). The summed E-state index contributed by atoms with van der Waals surface area (Å²) >= 11 is 1.43. The second kappa shape index (κ2) is 15.9. The number of fused-ring (bicyclic) bond motifs is 5. The predicted molar refractivity (Wildman–Crippen MR) is 184 cm³/mol. The Morgan fingerprint density at radius 1 is 1.02 bits per heavy atom. The van der Waals surface area contributed by atoms with Crippen LogP contribution in [0.2, 0.25) is 0 Å². The highest BCUT2D eigenvalue weighted by molar-refractivity contribution is 7.03. The van der Waals surface area contributed by atoms with Gasteiger partial charge in [-0.15, -0.1) is 0 Å². The number of aromatic nitrogens is 2. The van der Waals surface area contributed by atoms with E-state index in [4.69, 9.17) is 23.9 Å². The molecule has 0 saturated carbocycles. The summed E-state index contributed by atoms with van der Waals surface area (Å²) in [6.07, 6.45) is 4.80. The van der Waals surface area contributed by atoms with Crippen LogP contribution in [0, 0.1) is 5.92 Å². The van der Waals surface area contributed by atoms with Crippen molar-refractivity contribution in [3.8, 4) is 17.2 Å². The minimum Gasteiger partial charge on any atom is -0.493 e. The van der Waals surface area contributed by atoms with Gasteiger partial charge in [0.15, 0.2) is 11.5 Å². The predicted octanol–water partition coefficient (Wildman–Crippen LogP) is 3.13. The third-order valence-electron chi connectivity index (χ3n) is 9.38. The van der Waals surface area contributed by atoms with Crippen molar-refractivity contribution in [1.82, 2.24) is 29.4 Å². The Bertz CT molecular complexity index is 1640. The van der Waals surface area contributed by atoms with Gasteiger partial charge in [0.1, 0.15) is 19.0 Å². The smallest absolute Gasteiger partial charge is 0.410 e. The Balaban J connectivity index is 1.34. The number of pyridine rings is 1. The molecular formula is C34H45N7O7S. The number of nitrogens with zero attached hydrogens (tertiary/aromatic N) is 6. The van der Waals surface area contributed by atoms with Gasteiger partial charge in [0, 0.05) is 67.9 Å². The molecule has 1 aromatic carbocycles. The maximum atomic E-state index is 13.4. The number of anilines is 1. The molecule has 1 atom stereocenters. The molecule has 2 fully saturated rings. The molecule has 0 aliphatic carbocycles. The molecule has 3 aliphatic heterocycles. The quantitative estimate of drug-likeness (QED) is 0.390. The van der Waals surface area contributed by atoms with E-state index in [1.807, 2.05) is 12.3 Å². The van der Waals surface area contributed by atoms with Crippen molar-refractivity contribution in [3.63, 3.8) is 0 Å². The van der Waals surface area contributed by atoms with Crippen LogP contribution in [0.25, 0.3) is 10.9 Å². The molecule has 1 N–H and O–H groups in total. The molecule has 2 aromatic heterocycles. The molecule has 264 valence electrons. The molecular weight excluding hydrogens is 650 g/mol. The van der Waals surface area contributed by atoms with Crippen molar-refractivity contribution in [2.45, 2.75) is 38.8 Å². The van der Waals surface area contributed by atoms with Gasteiger partial charge >= 0.3 is 6.09 Å². The number of nitrogens with one attached hydrogen (secondary N) is 1. The van der Waals surface area contributed by atoms with Crippen LogP contribution in [0.3, 0.4) is 0 Å². The molecule has 15 heteroatoms. The van der Waals surface area contributed by atoms with Crippen molar-refractivity contribution in [1.29, 1.82) is 0 Å². The van der Waals surface area contributed by atoms with Crippen LogP contribution in [-0.2, 0) is 27.4 Å². The van der Waals surface area contributed by atoms with Gasteiger partial charge in [-0.1, -0.05) is 0 Å². The monoisotopic (exact) mass is 695 g/mol. The third-order valence-corrected chi connectivity index (χ3v) is 10.0. The lowest BCUT2D eigenvalue weighted by atomic mass is 9.97. The van der Waals surface area contributed by atoms with Gasteiger partial charge in [0.2, 0.25) is 17.6 Å². The molecule has 0 spiro atoms. The number of ether oxygens (including phenoxy) is 4. The molecule has 1 unspecified atom stereocenters. The molecule has 3 aliphatic rings. The Labute approximate surface area is 290 Å². The zero-order valence-corrected chi connectivity index (χ0v) is 29.3. The van der Waals surface area contributed by atoms with Gasteiger partial charge < -0.3 is 34.1 Å². The molecule has 14 nitrogen and oxygen atoms in total. The Kier molecular flexibility index (Phi) is 11.2. The van der Waals surface area contributed by atoms with Crippen LogP contribution in [0.15, 0.2) is 23.7 Å². The zero-order chi connectivity index (χ0) is 34.3. The average molecular weight is 696 g/mol.